The number of likely N-dealkylation sites (tertiary alicyclic amines) is 1. The van der Waals surface area contributed by atoms with Gasteiger partial charge in [0, 0.05) is 37.7 Å². The minimum atomic E-state index is 0.782. The third-order valence-corrected chi connectivity index (χ3v) is 6.34. The zero-order valence-corrected chi connectivity index (χ0v) is 18.8. The summed E-state index contributed by atoms with van der Waals surface area (Å²) in [5.41, 5.74) is 3.83. The maximum absolute atomic E-state index is 5.25. The number of ether oxygens (including phenoxy) is 1. The summed E-state index contributed by atoms with van der Waals surface area (Å²) in [6.45, 7) is 5.68. The third-order valence-electron chi connectivity index (χ3n) is 6.34. The van der Waals surface area contributed by atoms with E-state index in [0.29, 0.717) is 0 Å². The molecule has 0 N–H and O–H groups in total. The van der Waals surface area contributed by atoms with Gasteiger partial charge in [-0.25, -0.2) is 0 Å². The Hall–Kier alpha value is -2.63. The Balaban J connectivity index is 1.21. The van der Waals surface area contributed by atoms with Crippen LogP contribution in [-0.2, 0) is 13.0 Å². The molecule has 5 heteroatoms. The molecule has 0 atom stereocenters. The second-order valence-electron chi connectivity index (χ2n) is 8.66. The van der Waals surface area contributed by atoms with Crippen LogP contribution in [0.1, 0.15) is 24.1 Å². The van der Waals surface area contributed by atoms with Crippen LogP contribution in [0.25, 0.3) is 5.69 Å². The first-order chi connectivity index (χ1) is 15.2. The molecular formula is C26H34N4O. The molecule has 1 saturated heterocycles. The van der Waals surface area contributed by atoms with Gasteiger partial charge in [-0.15, -0.1) is 0 Å². The summed E-state index contributed by atoms with van der Waals surface area (Å²) in [7, 11) is 3.96. The van der Waals surface area contributed by atoms with Crippen LogP contribution in [0.4, 0.5) is 0 Å². The highest BCUT2D eigenvalue weighted by molar-refractivity contribution is 5.32. The van der Waals surface area contributed by atoms with Gasteiger partial charge >= 0.3 is 0 Å². The van der Waals surface area contributed by atoms with E-state index in [9.17, 15) is 0 Å². The van der Waals surface area contributed by atoms with Gasteiger partial charge in [0.1, 0.15) is 5.75 Å². The summed E-state index contributed by atoms with van der Waals surface area (Å²) in [6, 6.07) is 16.9. The van der Waals surface area contributed by atoms with Crippen LogP contribution in [0.2, 0.25) is 0 Å². The molecule has 1 aromatic carbocycles. The first-order valence-corrected chi connectivity index (χ1v) is 11.3. The number of hydrogen-bond acceptors (Lipinski definition) is 4. The van der Waals surface area contributed by atoms with Crippen LogP contribution in [0.15, 0.2) is 67.1 Å². The third kappa shape index (κ3) is 5.96. The summed E-state index contributed by atoms with van der Waals surface area (Å²) < 4.78 is 7.49. The molecule has 3 heterocycles. The molecular weight excluding hydrogens is 384 g/mol. The topological polar surface area (TPSA) is 33.5 Å². The monoisotopic (exact) mass is 418 g/mol. The lowest BCUT2D eigenvalue weighted by Gasteiger charge is -2.34. The molecule has 1 aliphatic heterocycles. The van der Waals surface area contributed by atoms with Gasteiger partial charge in [0.25, 0.3) is 0 Å². The number of nitrogens with zero attached hydrogens (tertiary/aromatic N) is 4. The van der Waals surface area contributed by atoms with Crippen LogP contribution >= 0.6 is 0 Å². The number of benzene rings is 1. The van der Waals surface area contributed by atoms with Crippen molar-refractivity contribution < 1.29 is 4.74 Å². The van der Waals surface area contributed by atoms with Gasteiger partial charge in [-0.2, -0.15) is 0 Å². The number of aromatic nitrogens is 2. The van der Waals surface area contributed by atoms with E-state index in [-0.39, 0.29) is 0 Å². The zero-order valence-electron chi connectivity index (χ0n) is 18.8. The van der Waals surface area contributed by atoms with Gasteiger partial charge in [-0.3, -0.25) is 4.98 Å². The van der Waals surface area contributed by atoms with Crippen molar-refractivity contribution in [3.05, 3.63) is 78.4 Å². The standard InChI is InChI=1S/C26H34N4O/c1-28(21-25-6-4-15-30(25)24-5-3-14-27-19-24)20-23-12-17-29(18-13-23)16-11-22-7-9-26(31-2)10-8-22/h3-10,14-15,19,23H,11-13,16-18,20-21H2,1-2H3. The van der Waals surface area contributed by atoms with Crippen molar-refractivity contribution in [2.45, 2.75) is 25.8 Å². The molecule has 0 unspecified atom stereocenters. The van der Waals surface area contributed by atoms with E-state index in [4.69, 9.17) is 4.74 Å². The minimum Gasteiger partial charge on any atom is -0.497 e. The Morgan fingerprint density at radius 1 is 1.06 bits per heavy atom. The lowest BCUT2D eigenvalue weighted by molar-refractivity contribution is 0.152. The molecule has 5 nitrogen and oxygen atoms in total. The lowest BCUT2D eigenvalue weighted by atomic mass is 9.96. The first-order valence-electron chi connectivity index (χ1n) is 11.3. The second kappa shape index (κ2) is 10.6. The summed E-state index contributed by atoms with van der Waals surface area (Å²) in [5, 5.41) is 0. The zero-order chi connectivity index (χ0) is 21.5. The number of rotatable bonds is 9. The molecule has 4 rings (SSSR count). The lowest BCUT2D eigenvalue weighted by Crippen LogP contribution is -2.38. The molecule has 0 bridgehead atoms. The molecule has 0 radical (unpaired) electrons. The number of methoxy groups -OCH3 is 1. The van der Waals surface area contributed by atoms with Gasteiger partial charge in [0.15, 0.2) is 0 Å². The molecule has 0 saturated carbocycles. The molecule has 0 aliphatic carbocycles. The van der Waals surface area contributed by atoms with Crippen LogP contribution < -0.4 is 4.74 Å². The molecule has 31 heavy (non-hydrogen) atoms. The summed E-state index contributed by atoms with van der Waals surface area (Å²) in [6.07, 6.45) is 9.56. The van der Waals surface area contributed by atoms with Crippen molar-refractivity contribution in [2.75, 3.05) is 40.3 Å². The first kappa shape index (κ1) is 21.6. The molecule has 0 amide bonds. The van der Waals surface area contributed by atoms with Crippen LogP contribution in [-0.4, -0.2) is 59.7 Å². The van der Waals surface area contributed by atoms with E-state index in [2.05, 4.69) is 75.1 Å². The highest BCUT2D eigenvalue weighted by atomic mass is 16.5. The van der Waals surface area contributed by atoms with Crippen LogP contribution in [0, 0.1) is 5.92 Å². The highest BCUT2D eigenvalue weighted by Crippen LogP contribution is 2.20. The largest absolute Gasteiger partial charge is 0.497 e. The van der Waals surface area contributed by atoms with Gasteiger partial charge < -0.3 is 19.1 Å². The van der Waals surface area contributed by atoms with Crippen molar-refractivity contribution in [3.63, 3.8) is 0 Å². The van der Waals surface area contributed by atoms with E-state index in [1.165, 1.54) is 37.2 Å². The normalized spacial score (nSPS) is 15.5. The van der Waals surface area contributed by atoms with Crippen molar-refractivity contribution in [1.29, 1.82) is 0 Å². The smallest absolute Gasteiger partial charge is 0.118 e. The fourth-order valence-corrected chi connectivity index (χ4v) is 4.55. The average Bonchev–Trinajstić information content (AvgIpc) is 3.27. The van der Waals surface area contributed by atoms with E-state index >= 15 is 0 Å². The van der Waals surface area contributed by atoms with Gasteiger partial charge in [0.05, 0.1) is 19.0 Å². The highest BCUT2D eigenvalue weighted by Gasteiger charge is 2.20. The fraction of sp³-hybridized carbons (Fsp3) is 0.423. The van der Waals surface area contributed by atoms with E-state index < -0.39 is 0 Å². The van der Waals surface area contributed by atoms with E-state index in [1.807, 2.05) is 18.5 Å². The van der Waals surface area contributed by atoms with Gasteiger partial charge in [-0.05, 0) is 87.3 Å². The van der Waals surface area contributed by atoms with Gasteiger partial charge in [0.2, 0.25) is 0 Å². The average molecular weight is 419 g/mol. The summed E-state index contributed by atoms with van der Waals surface area (Å²) in [5.74, 6) is 1.71. The van der Waals surface area contributed by atoms with E-state index in [0.717, 1.165) is 43.4 Å². The Morgan fingerprint density at radius 2 is 1.87 bits per heavy atom. The Labute approximate surface area is 186 Å². The molecule has 1 aliphatic rings. The number of piperidine rings is 1. The Kier molecular flexibility index (Phi) is 7.39. The second-order valence-corrected chi connectivity index (χ2v) is 8.66. The molecule has 2 aromatic heterocycles. The summed E-state index contributed by atoms with van der Waals surface area (Å²) >= 11 is 0. The maximum atomic E-state index is 5.25. The predicted molar refractivity (Wildman–Crippen MR) is 126 cm³/mol. The Bertz CT molecular complexity index is 914. The van der Waals surface area contributed by atoms with Crippen LogP contribution in [0.5, 0.6) is 5.75 Å². The number of hydrogen-bond donors (Lipinski definition) is 0. The number of pyridine rings is 1. The molecule has 164 valence electrons. The Morgan fingerprint density at radius 3 is 2.58 bits per heavy atom. The molecule has 0 spiro atoms. The van der Waals surface area contributed by atoms with Crippen molar-refractivity contribution in [2.24, 2.45) is 5.92 Å². The molecule has 1 fully saturated rings. The SMILES string of the molecule is COc1ccc(CCN2CCC(CN(C)Cc3cccn3-c3cccnc3)CC2)cc1. The maximum Gasteiger partial charge on any atom is 0.118 e. The summed E-state index contributed by atoms with van der Waals surface area (Å²) in [4.78, 5) is 9.35. The van der Waals surface area contributed by atoms with Gasteiger partial charge in [-0.1, -0.05) is 12.1 Å². The van der Waals surface area contributed by atoms with Crippen molar-refractivity contribution in [1.82, 2.24) is 19.4 Å². The minimum absolute atomic E-state index is 0.782. The van der Waals surface area contributed by atoms with Crippen molar-refractivity contribution in [3.8, 4) is 11.4 Å². The molecule has 3 aromatic rings. The van der Waals surface area contributed by atoms with E-state index in [1.54, 1.807) is 7.11 Å². The van der Waals surface area contributed by atoms with Crippen LogP contribution in [0.3, 0.4) is 0 Å². The predicted octanol–water partition coefficient (Wildman–Crippen LogP) is 4.27. The quantitative estimate of drug-likeness (QED) is 0.520. The fourth-order valence-electron chi connectivity index (χ4n) is 4.55. The van der Waals surface area contributed by atoms with Crippen molar-refractivity contribution >= 4 is 0 Å².